The molecule has 0 aromatic carbocycles. The van der Waals surface area contributed by atoms with Gasteiger partial charge in [0.1, 0.15) is 5.69 Å². The number of aromatic nitrogens is 1. The highest BCUT2D eigenvalue weighted by atomic mass is 19.4. The molecule has 0 saturated carbocycles. The van der Waals surface area contributed by atoms with E-state index in [4.69, 9.17) is 0 Å². The Morgan fingerprint density at radius 2 is 1.71 bits per heavy atom. The number of pyridine rings is 1. The van der Waals surface area contributed by atoms with Gasteiger partial charge in [0, 0.05) is 5.56 Å². The summed E-state index contributed by atoms with van der Waals surface area (Å²) < 4.78 is 37.2. The maximum Gasteiger partial charge on any atom is 0.433 e. The number of nitrogens with zero attached hydrogens (tertiary/aromatic N) is 1. The standard InChI is InChI=1S/C11H10F3N.C2H6/c1-4-8-7(3)6-10(11(12,13)14)15-9(8)5-2;1-2/h4-6H,1-2H2,3H3;1-2H3. The molecular formula is C13H16F3N. The summed E-state index contributed by atoms with van der Waals surface area (Å²) in [5, 5.41) is 0. The maximum absolute atomic E-state index is 12.4. The van der Waals surface area contributed by atoms with Gasteiger partial charge in [-0.05, 0) is 24.6 Å². The maximum atomic E-state index is 12.4. The molecule has 0 amide bonds. The molecule has 0 bridgehead atoms. The fourth-order valence-corrected chi connectivity index (χ4v) is 1.27. The van der Waals surface area contributed by atoms with Gasteiger partial charge in [-0.25, -0.2) is 4.98 Å². The number of rotatable bonds is 2. The van der Waals surface area contributed by atoms with Gasteiger partial charge < -0.3 is 0 Å². The van der Waals surface area contributed by atoms with E-state index in [0.29, 0.717) is 11.1 Å². The van der Waals surface area contributed by atoms with Crippen molar-refractivity contribution >= 4 is 12.2 Å². The average Bonchev–Trinajstić information content (AvgIpc) is 2.29. The van der Waals surface area contributed by atoms with E-state index in [-0.39, 0.29) is 5.69 Å². The van der Waals surface area contributed by atoms with Crippen molar-refractivity contribution in [1.82, 2.24) is 4.98 Å². The smallest absolute Gasteiger partial charge is 0.243 e. The van der Waals surface area contributed by atoms with Gasteiger partial charge >= 0.3 is 6.18 Å². The Labute approximate surface area is 99.7 Å². The van der Waals surface area contributed by atoms with Crippen LogP contribution in [0.3, 0.4) is 0 Å². The third kappa shape index (κ3) is 3.73. The van der Waals surface area contributed by atoms with Crippen LogP contribution in [0.1, 0.15) is 36.4 Å². The molecule has 0 aliphatic rings. The van der Waals surface area contributed by atoms with E-state index in [9.17, 15) is 13.2 Å². The molecule has 17 heavy (non-hydrogen) atoms. The van der Waals surface area contributed by atoms with E-state index >= 15 is 0 Å². The summed E-state index contributed by atoms with van der Waals surface area (Å²) in [6.07, 6.45) is -1.67. The van der Waals surface area contributed by atoms with Crippen molar-refractivity contribution in [2.45, 2.75) is 26.9 Å². The third-order valence-corrected chi connectivity index (χ3v) is 1.98. The summed E-state index contributed by atoms with van der Waals surface area (Å²) >= 11 is 0. The lowest BCUT2D eigenvalue weighted by atomic mass is 10.1. The molecule has 1 nitrogen and oxygen atoms in total. The second-order valence-electron chi connectivity index (χ2n) is 3.03. The number of aryl methyl sites for hydroxylation is 1. The number of hydrogen-bond donors (Lipinski definition) is 0. The van der Waals surface area contributed by atoms with Crippen LogP contribution >= 0.6 is 0 Å². The largest absolute Gasteiger partial charge is 0.433 e. The molecule has 0 N–H and O–H groups in total. The average molecular weight is 243 g/mol. The monoisotopic (exact) mass is 243 g/mol. The van der Waals surface area contributed by atoms with Gasteiger partial charge in [0.05, 0.1) is 5.69 Å². The van der Waals surface area contributed by atoms with E-state index in [1.54, 1.807) is 6.92 Å². The van der Waals surface area contributed by atoms with Crippen molar-refractivity contribution in [3.05, 3.63) is 41.7 Å². The molecule has 0 spiro atoms. The van der Waals surface area contributed by atoms with Crippen molar-refractivity contribution in [2.24, 2.45) is 0 Å². The second-order valence-corrected chi connectivity index (χ2v) is 3.03. The highest BCUT2D eigenvalue weighted by Crippen LogP contribution is 2.30. The van der Waals surface area contributed by atoms with Crippen molar-refractivity contribution in [2.75, 3.05) is 0 Å². The minimum Gasteiger partial charge on any atom is -0.243 e. The Bertz CT molecular complexity index is 406. The highest BCUT2D eigenvalue weighted by molar-refractivity contribution is 5.63. The molecular weight excluding hydrogens is 227 g/mol. The van der Waals surface area contributed by atoms with Crippen molar-refractivity contribution in [3.8, 4) is 0 Å². The molecule has 0 aliphatic heterocycles. The van der Waals surface area contributed by atoms with Crippen molar-refractivity contribution < 1.29 is 13.2 Å². The third-order valence-electron chi connectivity index (χ3n) is 1.98. The first kappa shape index (κ1) is 15.4. The van der Waals surface area contributed by atoms with Gasteiger partial charge in [-0.3, -0.25) is 0 Å². The fourth-order valence-electron chi connectivity index (χ4n) is 1.27. The number of halogens is 3. The van der Waals surface area contributed by atoms with Crippen LogP contribution in [0.15, 0.2) is 19.2 Å². The lowest BCUT2D eigenvalue weighted by Gasteiger charge is -2.10. The summed E-state index contributed by atoms with van der Waals surface area (Å²) in [6.45, 7) is 12.5. The van der Waals surface area contributed by atoms with Crippen LogP contribution in [-0.2, 0) is 6.18 Å². The first-order valence-corrected chi connectivity index (χ1v) is 5.24. The molecule has 0 unspecified atom stereocenters. The number of alkyl halides is 3. The van der Waals surface area contributed by atoms with Crippen LogP contribution < -0.4 is 0 Å². The Kier molecular flexibility index (Phi) is 5.65. The van der Waals surface area contributed by atoms with Gasteiger partial charge in [0.15, 0.2) is 0 Å². The molecule has 0 aliphatic carbocycles. The lowest BCUT2D eigenvalue weighted by molar-refractivity contribution is -0.141. The van der Waals surface area contributed by atoms with Gasteiger partial charge in [0.2, 0.25) is 0 Å². The Balaban J connectivity index is 0.00000121. The highest BCUT2D eigenvalue weighted by Gasteiger charge is 2.33. The van der Waals surface area contributed by atoms with E-state index in [2.05, 4.69) is 18.1 Å². The van der Waals surface area contributed by atoms with Crippen molar-refractivity contribution in [1.29, 1.82) is 0 Å². The first-order valence-electron chi connectivity index (χ1n) is 5.24. The minimum absolute atomic E-state index is 0.206. The molecule has 0 atom stereocenters. The van der Waals surface area contributed by atoms with E-state index in [1.165, 1.54) is 12.2 Å². The van der Waals surface area contributed by atoms with Crippen LogP contribution in [0, 0.1) is 6.92 Å². The van der Waals surface area contributed by atoms with E-state index in [1.807, 2.05) is 13.8 Å². The van der Waals surface area contributed by atoms with Gasteiger partial charge in [-0.15, -0.1) is 0 Å². The Morgan fingerprint density at radius 3 is 2.06 bits per heavy atom. The molecule has 0 radical (unpaired) electrons. The van der Waals surface area contributed by atoms with Gasteiger partial charge in [-0.1, -0.05) is 33.1 Å². The SMILES string of the molecule is C=Cc1nc(C(F)(F)F)cc(C)c1C=C.CC. The molecule has 0 saturated heterocycles. The second kappa shape index (κ2) is 6.23. The Hall–Kier alpha value is -1.58. The molecule has 0 fully saturated rings. The van der Waals surface area contributed by atoms with Crippen LogP contribution in [0.4, 0.5) is 13.2 Å². The molecule has 1 heterocycles. The summed E-state index contributed by atoms with van der Waals surface area (Å²) in [7, 11) is 0. The lowest BCUT2D eigenvalue weighted by Crippen LogP contribution is -2.10. The zero-order valence-electron chi connectivity index (χ0n) is 10.2. The summed E-state index contributed by atoms with van der Waals surface area (Å²) in [5.41, 5.74) is 0.373. The first-order chi connectivity index (χ1) is 7.90. The zero-order valence-corrected chi connectivity index (χ0v) is 10.2. The zero-order chi connectivity index (χ0) is 13.6. The summed E-state index contributed by atoms with van der Waals surface area (Å²) in [6, 6.07) is 1.00. The van der Waals surface area contributed by atoms with Crippen LogP contribution in [0.25, 0.3) is 12.2 Å². The van der Waals surface area contributed by atoms with Gasteiger partial charge in [-0.2, -0.15) is 13.2 Å². The summed E-state index contributed by atoms with van der Waals surface area (Å²) in [4.78, 5) is 3.48. The Morgan fingerprint density at radius 1 is 1.18 bits per heavy atom. The predicted molar refractivity (Wildman–Crippen MR) is 65.5 cm³/mol. The molecule has 4 heteroatoms. The molecule has 1 aromatic heterocycles. The normalized spacial score (nSPS) is 10.2. The molecule has 94 valence electrons. The predicted octanol–water partition coefficient (Wildman–Crippen LogP) is 4.72. The van der Waals surface area contributed by atoms with E-state index in [0.717, 1.165) is 6.07 Å². The van der Waals surface area contributed by atoms with Crippen molar-refractivity contribution in [3.63, 3.8) is 0 Å². The van der Waals surface area contributed by atoms with Crippen LogP contribution in [-0.4, -0.2) is 4.98 Å². The van der Waals surface area contributed by atoms with E-state index < -0.39 is 11.9 Å². The molecule has 1 rings (SSSR count). The fraction of sp³-hybridized carbons (Fsp3) is 0.308. The van der Waals surface area contributed by atoms with Gasteiger partial charge in [0.25, 0.3) is 0 Å². The minimum atomic E-state index is -4.43. The van der Waals surface area contributed by atoms with Crippen LogP contribution in [0.5, 0.6) is 0 Å². The topological polar surface area (TPSA) is 12.9 Å². The quantitative estimate of drug-likeness (QED) is 0.732. The summed E-state index contributed by atoms with van der Waals surface area (Å²) in [5.74, 6) is 0. The number of hydrogen-bond acceptors (Lipinski definition) is 1. The van der Waals surface area contributed by atoms with Crippen LogP contribution in [0.2, 0.25) is 0 Å². The molecule has 1 aromatic rings.